The molecular formula is C19H24N2O2S. The van der Waals surface area contributed by atoms with Crippen LogP contribution in [-0.2, 0) is 6.54 Å². The summed E-state index contributed by atoms with van der Waals surface area (Å²) in [7, 11) is 1.70. The van der Waals surface area contributed by atoms with E-state index in [0.29, 0.717) is 11.5 Å². The van der Waals surface area contributed by atoms with Gasteiger partial charge in [0.25, 0.3) is 0 Å². The summed E-state index contributed by atoms with van der Waals surface area (Å²) in [6.45, 7) is 3.85. The largest absolute Gasteiger partial charge is 0.496 e. The fraction of sp³-hybridized carbons (Fsp3) is 0.316. The predicted octanol–water partition coefficient (Wildman–Crippen LogP) is 3.31. The third kappa shape index (κ3) is 5.58. The number of carbonyl (C=O) groups is 1. The Kier molecular flexibility index (Phi) is 7.15. The highest BCUT2D eigenvalue weighted by molar-refractivity contribution is 7.99. The molecule has 1 unspecified atom stereocenters. The molecule has 0 saturated heterocycles. The molecule has 3 N–H and O–H groups in total. The third-order valence-corrected chi connectivity index (χ3v) is 5.01. The molecule has 0 radical (unpaired) electrons. The number of carbonyl (C=O) groups excluding carboxylic acids is 1. The standard InChI is InChI=1S/C19H24N2O2S/c1-14(13-24-18-9-4-3-8-17(18)23-2)11-21-12-15-6-5-7-16(10-15)19(20)22/h3-10,14,21H,11-13H2,1-2H3,(H2,20,22). The van der Waals surface area contributed by atoms with Crippen molar-refractivity contribution in [2.45, 2.75) is 18.4 Å². The number of hydrogen-bond donors (Lipinski definition) is 2. The Bertz CT molecular complexity index is 676. The zero-order chi connectivity index (χ0) is 17.4. The number of primary amides is 1. The molecule has 0 aliphatic rings. The maximum Gasteiger partial charge on any atom is 0.248 e. The van der Waals surface area contributed by atoms with Gasteiger partial charge in [0, 0.05) is 22.8 Å². The summed E-state index contributed by atoms with van der Waals surface area (Å²) in [5.41, 5.74) is 6.92. The number of thioether (sulfide) groups is 1. The van der Waals surface area contributed by atoms with E-state index in [9.17, 15) is 4.79 Å². The first-order chi connectivity index (χ1) is 11.6. The summed E-state index contributed by atoms with van der Waals surface area (Å²) in [6.07, 6.45) is 0. The molecule has 1 amide bonds. The van der Waals surface area contributed by atoms with E-state index < -0.39 is 5.91 Å². The SMILES string of the molecule is COc1ccccc1SCC(C)CNCc1cccc(C(N)=O)c1. The number of ether oxygens (including phenoxy) is 1. The molecule has 24 heavy (non-hydrogen) atoms. The Balaban J connectivity index is 1.76. The Morgan fingerprint density at radius 3 is 2.79 bits per heavy atom. The fourth-order valence-corrected chi connectivity index (χ4v) is 3.38. The zero-order valence-electron chi connectivity index (χ0n) is 14.1. The Morgan fingerprint density at radius 2 is 2.04 bits per heavy atom. The molecule has 2 aromatic carbocycles. The van der Waals surface area contributed by atoms with Gasteiger partial charge >= 0.3 is 0 Å². The number of para-hydroxylation sites is 1. The summed E-state index contributed by atoms with van der Waals surface area (Å²) >= 11 is 1.81. The topological polar surface area (TPSA) is 64.3 Å². The Hall–Kier alpha value is -1.98. The lowest BCUT2D eigenvalue weighted by molar-refractivity contribution is 0.1000. The summed E-state index contributed by atoms with van der Waals surface area (Å²) in [4.78, 5) is 12.4. The number of nitrogens with two attached hydrogens (primary N) is 1. The maximum absolute atomic E-state index is 11.2. The van der Waals surface area contributed by atoms with Gasteiger partial charge in [-0.1, -0.05) is 31.2 Å². The quantitative estimate of drug-likeness (QED) is 0.685. The summed E-state index contributed by atoms with van der Waals surface area (Å²) in [6, 6.07) is 15.5. The summed E-state index contributed by atoms with van der Waals surface area (Å²) < 4.78 is 5.37. The molecule has 2 aromatic rings. The molecule has 0 heterocycles. The minimum absolute atomic E-state index is 0.390. The molecule has 5 heteroatoms. The van der Waals surface area contributed by atoms with Crippen molar-refractivity contribution < 1.29 is 9.53 Å². The van der Waals surface area contributed by atoms with Crippen molar-refractivity contribution in [3.05, 3.63) is 59.7 Å². The van der Waals surface area contributed by atoms with Gasteiger partial charge in [0.2, 0.25) is 5.91 Å². The van der Waals surface area contributed by atoms with Crippen LogP contribution in [0.1, 0.15) is 22.8 Å². The predicted molar refractivity (Wildman–Crippen MR) is 99.5 cm³/mol. The highest BCUT2D eigenvalue weighted by Crippen LogP contribution is 2.29. The van der Waals surface area contributed by atoms with Crippen LogP contribution in [0.2, 0.25) is 0 Å². The molecule has 0 fully saturated rings. The van der Waals surface area contributed by atoms with Gasteiger partial charge in [-0.25, -0.2) is 0 Å². The molecule has 1 atom stereocenters. The molecule has 0 aliphatic carbocycles. The summed E-state index contributed by atoms with van der Waals surface area (Å²) in [5.74, 6) is 2.05. The number of rotatable bonds is 9. The van der Waals surface area contributed by atoms with Gasteiger partial charge in [0.05, 0.1) is 7.11 Å². The van der Waals surface area contributed by atoms with Gasteiger partial charge < -0.3 is 15.8 Å². The molecule has 128 valence electrons. The third-order valence-electron chi connectivity index (χ3n) is 3.63. The van der Waals surface area contributed by atoms with Gasteiger partial charge in [-0.3, -0.25) is 4.79 Å². The van der Waals surface area contributed by atoms with E-state index in [4.69, 9.17) is 10.5 Å². The van der Waals surface area contributed by atoms with Gasteiger partial charge in [0.15, 0.2) is 0 Å². The first-order valence-electron chi connectivity index (χ1n) is 7.95. The number of benzene rings is 2. The van der Waals surface area contributed by atoms with Crippen LogP contribution < -0.4 is 15.8 Å². The maximum atomic E-state index is 11.2. The molecule has 4 nitrogen and oxygen atoms in total. The van der Waals surface area contributed by atoms with Crippen molar-refractivity contribution >= 4 is 17.7 Å². The van der Waals surface area contributed by atoms with Crippen molar-refractivity contribution in [1.29, 1.82) is 0 Å². The molecule has 0 spiro atoms. The van der Waals surface area contributed by atoms with Crippen LogP contribution >= 0.6 is 11.8 Å². The van der Waals surface area contributed by atoms with E-state index in [1.807, 2.05) is 36.4 Å². The minimum atomic E-state index is -0.390. The van der Waals surface area contributed by atoms with Crippen molar-refractivity contribution in [2.24, 2.45) is 11.7 Å². The fourth-order valence-electron chi connectivity index (χ4n) is 2.33. The van der Waals surface area contributed by atoms with Gasteiger partial charge in [-0.15, -0.1) is 11.8 Å². The molecule has 0 aromatic heterocycles. The van der Waals surface area contributed by atoms with Gasteiger partial charge in [-0.2, -0.15) is 0 Å². The van der Waals surface area contributed by atoms with Crippen LogP contribution in [0.5, 0.6) is 5.75 Å². The second kappa shape index (κ2) is 9.35. The highest BCUT2D eigenvalue weighted by Gasteiger charge is 2.07. The number of hydrogen-bond acceptors (Lipinski definition) is 4. The average molecular weight is 344 g/mol. The number of nitrogens with one attached hydrogen (secondary N) is 1. The second-order valence-corrected chi connectivity index (χ2v) is 6.82. The Morgan fingerprint density at radius 1 is 1.25 bits per heavy atom. The van der Waals surface area contributed by atoms with Crippen LogP contribution in [0.15, 0.2) is 53.4 Å². The monoisotopic (exact) mass is 344 g/mol. The molecule has 2 rings (SSSR count). The van der Waals surface area contributed by atoms with E-state index in [0.717, 1.165) is 30.2 Å². The van der Waals surface area contributed by atoms with Crippen molar-refractivity contribution in [3.63, 3.8) is 0 Å². The van der Waals surface area contributed by atoms with Crippen LogP contribution in [-0.4, -0.2) is 25.3 Å². The van der Waals surface area contributed by atoms with E-state index in [1.54, 1.807) is 24.9 Å². The van der Waals surface area contributed by atoms with Gasteiger partial charge in [0.1, 0.15) is 5.75 Å². The molecule has 0 aliphatic heterocycles. The van der Waals surface area contributed by atoms with Crippen molar-refractivity contribution in [3.8, 4) is 5.75 Å². The normalized spacial score (nSPS) is 11.9. The zero-order valence-corrected chi connectivity index (χ0v) is 14.9. The van der Waals surface area contributed by atoms with Gasteiger partial charge in [-0.05, 0) is 42.3 Å². The second-order valence-electron chi connectivity index (χ2n) is 5.76. The van der Waals surface area contributed by atoms with Crippen molar-refractivity contribution in [1.82, 2.24) is 5.32 Å². The molecule has 0 bridgehead atoms. The van der Waals surface area contributed by atoms with Crippen LogP contribution in [0, 0.1) is 5.92 Å². The lowest BCUT2D eigenvalue weighted by Crippen LogP contribution is -2.22. The van der Waals surface area contributed by atoms with E-state index in [-0.39, 0.29) is 0 Å². The van der Waals surface area contributed by atoms with Crippen LogP contribution in [0.3, 0.4) is 0 Å². The molecule has 0 saturated carbocycles. The minimum Gasteiger partial charge on any atom is -0.496 e. The van der Waals surface area contributed by atoms with E-state index >= 15 is 0 Å². The Labute approximate surface area is 147 Å². The van der Waals surface area contributed by atoms with E-state index in [2.05, 4.69) is 18.3 Å². The average Bonchev–Trinajstić information content (AvgIpc) is 2.60. The smallest absolute Gasteiger partial charge is 0.248 e. The highest BCUT2D eigenvalue weighted by atomic mass is 32.2. The first-order valence-corrected chi connectivity index (χ1v) is 8.94. The lowest BCUT2D eigenvalue weighted by atomic mass is 10.1. The number of amides is 1. The van der Waals surface area contributed by atoms with E-state index in [1.165, 1.54) is 4.90 Å². The number of methoxy groups -OCH3 is 1. The van der Waals surface area contributed by atoms with Crippen LogP contribution in [0.25, 0.3) is 0 Å². The van der Waals surface area contributed by atoms with Crippen molar-refractivity contribution in [2.75, 3.05) is 19.4 Å². The first kappa shape index (κ1) is 18.4. The lowest BCUT2D eigenvalue weighted by Gasteiger charge is -2.14. The summed E-state index contributed by atoms with van der Waals surface area (Å²) in [5, 5.41) is 3.44. The van der Waals surface area contributed by atoms with Crippen LogP contribution in [0.4, 0.5) is 0 Å². The molecular weight excluding hydrogens is 320 g/mol.